The van der Waals surface area contributed by atoms with Crippen molar-refractivity contribution in [3.05, 3.63) is 29.3 Å². The lowest BCUT2D eigenvalue weighted by Crippen LogP contribution is -2.43. The first-order valence-electron chi connectivity index (χ1n) is 5.75. The number of carbonyl (C=O) groups excluding carboxylic acids is 1. The van der Waals surface area contributed by atoms with Crippen molar-refractivity contribution in [2.45, 2.75) is 26.0 Å². The smallest absolute Gasteiger partial charge is 0.261 e. The average Bonchev–Trinajstić information content (AvgIpc) is 2.32. The first-order chi connectivity index (χ1) is 8.54. The normalized spacial score (nSPS) is 13.8. The molecule has 0 spiro atoms. The van der Waals surface area contributed by atoms with Crippen LogP contribution in [0.2, 0.25) is 5.02 Å². The maximum atomic E-state index is 11.8. The van der Waals surface area contributed by atoms with Gasteiger partial charge in [-0.05, 0) is 26.0 Å². The van der Waals surface area contributed by atoms with Gasteiger partial charge in [0, 0.05) is 13.2 Å². The molecular weight excluding hydrogens is 254 g/mol. The number of hydrogen-bond donors (Lipinski definition) is 1. The molecule has 1 aromatic rings. The minimum Gasteiger partial charge on any atom is -0.479 e. The van der Waals surface area contributed by atoms with Gasteiger partial charge in [-0.25, -0.2) is 0 Å². The van der Waals surface area contributed by atoms with Crippen LogP contribution in [0.3, 0.4) is 0 Å². The molecule has 0 aliphatic carbocycles. The molecule has 2 atom stereocenters. The number of amides is 1. The van der Waals surface area contributed by atoms with Crippen LogP contribution < -0.4 is 10.1 Å². The van der Waals surface area contributed by atoms with Crippen molar-refractivity contribution in [1.29, 1.82) is 0 Å². The van der Waals surface area contributed by atoms with Crippen molar-refractivity contribution in [3.63, 3.8) is 0 Å². The molecule has 0 saturated heterocycles. The van der Waals surface area contributed by atoms with E-state index < -0.39 is 6.10 Å². The summed E-state index contributed by atoms with van der Waals surface area (Å²) in [5.41, 5.74) is 0. The van der Waals surface area contributed by atoms with Crippen LogP contribution in [0.1, 0.15) is 13.8 Å². The predicted molar refractivity (Wildman–Crippen MR) is 71.0 cm³/mol. The zero-order valence-corrected chi connectivity index (χ0v) is 11.5. The van der Waals surface area contributed by atoms with Crippen molar-refractivity contribution in [2.24, 2.45) is 0 Å². The molecule has 1 amide bonds. The Bertz CT molecular complexity index is 398. The van der Waals surface area contributed by atoms with Crippen molar-refractivity contribution in [3.8, 4) is 5.75 Å². The van der Waals surface area contributed by atoms with Crippen LogP contribution in [-0.4, -0.2) is 31.8 Å². The average molecular weight is 272 g/mol. The van der Waals surface area contributed by atoms with Crippen LogP contribution in [0.25, 0.3) is 0 Å². The Morgan fingerprint density at radius 3 is 2.67 bits per heavy atom. The van der Waals surface area contributed by atoms with Crippen LogP contribution in [0.4, 0.5) is 0 Å². The molecular formula is C13H18ClNO3. The monoisotopic (exact) mass is 271 g/mol. The molecule has 100 valence electrons. The highest BCUT2D eigenvalue weighted by atomic mass is 35.5. The molecule has 1 N–H and O–H groups in total. The number of ether oxygens (including phenoxy) is 2. The number of rotatable bonds is 6. The van der Waals surface area contributed by atoms with E-state index in [0.29, 0.717) is 17.4 Å². The molecule has 0 fully saturated rings. The first kappa shape index (κ1) is 14.8. The van der Waals surface area contributed by atoms with Crippen LogP contribution in [0.15, 0.2) is 24.3 Å². The van der Waals surface area contributed by atoms with E-state index in [4.69, 9.17) is 21.1 Å². The number of methoxy groups -OCH3 is 1. The fourth-order valence-corrected chi connectivity index (χ4v) is 1.62. The maximum absolute atomic E-state index is 11.8. The van der Waals surface area contributed by atoms with E-state index in [1.54, 1.807) is 38.3 Å². The second-order valence-electron chi connectivity index (χ2n) is 4.06. The van der Waals surface area contributed by atoms with Gasteiger partial charge in [0.25, 0.3) is 5.91 Å². The Morgan fingerprint density at radius 1 is 1.39 bits per heavy atom. The van der Waals surface area contributed by atoms with E-state index in [1.165, 1.54) is 0 Å². The molecule has 4 nitrogen and oxygen atoms in total. The van der Waals surface area contributed by atoms with Gasteiger partial charge >= 0.3 is 0 Å². The predicted octanol–water partition coefficient (Wildman–Crippen LogP) is 2.26. The molecule has 0 aliphatic heterocycles. The summed E-state index contributed by atoms with van der Waals surface area (Å²) in [5.74, 6) is 0.306. The summed E-state index contributed by atoms with van der Waals surface area (Å²) < 4.78 is 10.4. The number of nitrogens with one attached hydrogen (secondary N) is 1. The van der Waals surface area contributed by atoms with E-state index in [-0.39, 0.29) is 11.9 Å². The lowest BCUT2D eigenvalue weighted by molar-refractivity contribution is -0.128. The minimum atomic E-state index is -0.607. The molecule has 0 bridgehead atoms. The fraction of sp³-hybridized carbons (Fsp3) is 0.462. The Morgan fingerprint density at radius 2 is 2.06 bits per heavy atom. The Balaban J connectivity index is 2.52. The van der Waals surface area contributed by atoms with Crippen molar-refractivity contribution in [1.82, 2.24) is 5.32 Å². The lowest BCUT2D eigenvalue weighted by Gasteiger charge is -2.18. The number of carbonyl (C=O) groups is 1. The Hall–Kier alpha value is -1.26. The fourth-order valence-electron chi connectivity index (χ4n) is 1.44. The van der Waals surface area contributed by atoms with Gasteiger partial charge in [0.2, 0.25) is 0 Å². The molecule has 18 heavy (non-hydrogen) atoms. The van der Waals surface area contributed by atoms with Gasteiger partial charge in [-0.3, -0.25) is 4.79 Å². The van der Waals surface area contributed by atoms with Gasteiger partial charge in [-0.1, -0.05) is 23.7 Å². The molecule has 1 aromatic carbocycles. The Labute approximate surface area is 112 Å². The summed E-state index contributed by atoms with van der Waals surface area (Å²) in [6, 6.07) is 7.00. The van der Waals surface area contributed by atoms with Crippen molar-refractivity contribution < 1.29 is 14.3 Å². The second kappa shape index (κ2) is 7.24. The van der Waals surface area contributed by atoms with Gasteiger partial charge in [-0.2, -0.15) is 0 Å². The maximum Gasteiger partial charge on any atom is 0.261 e. The van der Waals surface area contributed by atoms with Crippen molar-refractivity contribution in [2.75, 3.05) is 13.7 Å². The molecule has 0 saturated carbocycles. The van der Waals surface area contributed by atoms with Crippen LogP contribution in [0, 0.1) is 0 Å². The Kier molecular flexibility index (Phi) is 5.95. The highest BCUT2D eigenvalue weighted by molar-refractivity contribution is 6.32. The highest BCUT2D eigenvalue weighted by Gasteiger charge is 2.17. The standard InChI is InChI=1S/C13H18ClNO3/c1-9(8-17-3)15-13(16)10(2)18-12-7-5-4-6-11(12)14/h4-7,9-10H,8H2,1-3H3,(H,15,16)/t9-,10+/m1/s1. The minimum absolute atomic E-state index is 0.0557. The zero-order valence-electron chi connectivity index (χ0n) is 10.8. The number of para-hydroxylation sites is 1. The number of benzene rings is 1. The topological polar surface area (TPSA) is 47.6 Å². The molecule has 0 unspecified atom stereocenters. The zero-order chi connectivity index (χ0) is 13.5. The molecule has 0 aliphatic rings. The first-order valence-corrected chi connectivity index (χ1v) is 6.13. The van der Waals surface area contributed by atoms with E-state index in [0.717, 1.165) is 0 Å². The van der Waals surface area contributed by atoms with E-state index >= 15 is 0 Å². The number of hydrogen-bond acceptors (Lipinski definition) is 3. The summed E-state index contributed by atoms with van der Waals surface area (Å²) >= 11 is 5.95. The molecule has 5 heteroatoms. The summed E-state index contributed by atoms with van der Waals surface area (Å²) in [7, 11) is 1.59. The molecule has 0 heterocycles. The summed E-state index contributed by atoms with van der Waals surface area (Å²) in [4.78, 5) is 11.8. The highest BCUT2D eigenvalue weighted by Crippen LogP contribution is 2.24. The van der Waals surface area contributed by atoms with E-state index in [2.05, 4.69) is 5.32 Å². The third-order valence-electron chi connectivity index (χ3n) is 2.31. The van der Waals surface area contributed by atoms with Gasteiger partial charge in [0.1, 0.15) is 5.75 Å². The van der Waals surface area contributed by atoms with Crippen LogP contribution in [-0.2, 0) is 9.53 Å². The van der Waals surface area contributed by atoms with Crippen LogP contribution in [0.5, 0.6) is 5.75 Å². The lowest BCUT2D eigenvalue weighted by atomic mass is 10.3. The largest absolute Gasteiger partial charge is 0.479 e. The van der Waals surface area contributed by atoms with Gasteiger partial charge in [-0.15, -0.1) is 0 Å². The van der Waals surface area contributed by atoms with Gasteiger partial charge < -0.3 is 14.8 Å². The SMILES string of the molecule is COC[C@@H](C)NC(=O)[C@H](C)Oc1ccccc1Cl. The number of halogens is 1. The second-order valence-corrected chi connectivity index (χ2v) is 4.46. The van der Waals surface area contributed by atoms with Gasteiger partial charge in [0.05, 0.1) is 11.6 Å². The van der Waals surface area contributed by atoms with Gasteiger partial charge in [0.15, 0.2) is 6.10 Å². The van der Waals surface area contributed by atoms with Crippen molar-refractivity contribution >= 4 is 17.5 Å². The summed E-state index contributed by atoms with van der Waals surface area (Å²) in [5, 5.41) is 3.28. The van der Waals surface area contributed by atoms with E-state index in [9.17, 15) is 4.79 Å². The molecule has 1 rings (SSSR count). The van der Waals surface area contributed by atoms with Crippen LogP contribution >= 0.6 is 11.6 Å². The van der Waals surface area contributed by atoms with E-state index in [1.807, 2.05) is 6.92 Å². The molecule has 0 aromatic heterocycles. The molecule has 0 radical (unpaired) electrons. The third kappa shape index (κ3) is 4.55. The summed E-state index contributed by atoms with van der Waals surface area (Å²) in [6.45, 7) is 4.01. The summed E-state index contributed by atoms with van der Waals surface area (Å²) in [6.07, 6.45) is -0.607. The third-order valence-corrected chi connectivity index (χ3v) is 2.63. The quantitative estimate of drug-likeness (QED) is 0.863.